The Bertz CT molecular complexity index is 1470. The molecule has 3 heterocycles. The Morgan fingerprint density at radius 2 is 1.83 bits per heavy atom. The monoisotopic (exact) mass is 545 g/mol. The van der Waals surface area contributed by atoms with Gasteiger partial charge in [0.25, 0.3) is 0 Å². The van der Waals surface area contributed by atoms with E-state index < -0.39 is 18.3 Å². The lowest BCUT2D eigenvalue weighted by molar-refractivity contribution is -0.0476. The molecule has 8 nitrogen and oxygen atoms in total. The molecule has 1 saturated heterocycles. The van der Waals surface area contributed by atoms with Gasteiger partial charge in [-0.2, -0.15) is 0 Å². The van der Waals surface area contributed by atoms with Crippen molar-refractivity contribution in [3.05, 3.63) is 82.2 Å². The number of carbonyl (C=O) groups is 1. The molecule has 2 aromatic carbocycles. The first-order chi connectivity index (χ1) is 17.4. The topological polar surface area (TPSA) is 96.6 Å². The van der Waals surface area contributed by atoms with E-state index in [0.717, 1.165) is 12.0 Å². The van der Waals surface area contributed by atoms with Crippen molar-refractivity contribution < 1.29 is 14.3 Å². The van der Waals surface area contributed by atoms with E-state index in [9.17, 15) is 4.79 Å². The Morgan fingerprint density at radius 3 is 2.47 bits per heavy atom. The van der Waals surface area contributed by atoms with Crippen LogP contribution in [0.25, 0.3) is 27.3 Å². The van der Waals surface area contributed by atoms with Crippen LogP contribution in [0.4, 0.5) is 11.5 Å². The van der Waals surface area contributed by atoms with Gasteiger partial charge in [0.15, 0.2) is 18.2 Å². The fourth-order valence-electron chi connectivity index (χ4n) is 4.69. The molecule has 2 aromatic heterocycles. The quantitative estimate of drug-likeness (QED) is 0.238. The van der Waals surface area contributed by atoms with Crippen LogP contribution in [0.15, 0.2) is 65.3 Å². The summed E-state index contributed by atoms with van der Waals surface area (Å²) >= 11 is 3.59. The summed E-state index contributed by atoms with van der Waals surface area (Å²) < 4.78 is 14.7. The minimum absolute atomic E-state index is 0.0961. The van der Waals surface area contributed by atoms with Crippen LogP contribution in [0.1, 0.15) is 36.9 Å². The third-order valence-corrected chi connectivity index (χ3v) is 7.30. The third-order valence-electron chi connectivity index (χ3n) is 6.54. The Morgan fingerprint density at radius 1 is 1.17 bits per heavy atom. The van der Waals surface area contributed by atoms with E-state index in [-0.39, 0.29) is 23.5 Å². The smallest absolute Gasteiger partial charge is 0.338 e. The number of rotatable bonds is 5. The second-order valence-electron chi connectivity index (χ2n) is 8.69. The number of hydrogen-bond donors (Lipinski definition) is 1. The van der Waals surface area contributed by atoms with Crippen LogP contribution in [0.5, 0.6) is 0 Å². The number of nitrogens with two attached hydrogens (primary N) is 1. The van der Waals surface area contributed by atoms with E-state index in [0.29, 0.717) is 27.0 Å². The molecule has 1 aliphatic rings. The summed E-state index contributed by atoms with van der Waals surface area (Å²) in [6.07, 6.45) is -0.764. The number of halogens is 1. The number of nitrogens with zero attached hydrogens (tertiary/aromatic N) is 4. The average Bonchev–Trinajstić information content (AvgIpc) is 3.37. The zero-order valence-electron chi connectivity index (χ0n) is 19.8. The summed E-state index contributed by atoms with van der Waals surface area (Å²) in [5.41, 5.74) is 8.34. The van der Waals surface area contributed by atoms with Crippen molar-refractivity contribution in [3.8, 4) is 11.4 Å². The van der Waals surface area contributed by atoms with Crippen LogP contribution in [0.3, 0.4) is 0 Å². The minimum atomic E-state index is -0.720. The lowest BCUT2D eigenvalue weighted by Crippen LogP contribution is -2.30. The largest absolute Gasteiger partial charge is 0.454 e. The number of anilines is 1. The molecule has 36 heavy (non-hydrogen) atoms. The van der Waals surface area contributed by atoms with Crippen molar-refractivity contribution in [1.82, 2.24) is 14.5 Å². The lowest BCUT2D eigenvalue weighted by Gasteiger charge is -2.24. The van der Waals surface area contributed by atoms with Crippen molar-refractivity contribution in [2.24, 2.45) is 5.92 Å². The van der Waals surface area contributed by atoms with Gasteiger partial charge in [-0.1, -0.05) is 62.4 Å². The van der Waals surface area contributed by atoms with Crippen molar-refractivity contribution >= 4 is 44.4 Å². The van der Waals surface area contributed by atoms with Crippen LogP contribution < -0.4 is 5.73 Å². The zero-order chi connectivity index (χ0) is 25.4. The highest BCUT2D eigenvalue weighted by Crippen LogP contribution is 2.47. The number of carbonyl (C=O) groups excluding carboxylic acids is 1. The highest BCUT2D eigenvalue weighted by atomic mass is 79.9. The van der Waals surface area contributed by atoms with E-state index in [1.165, 1.54) is 0 Å². The van der Waals surface area contributed by atoms with Gasteiger partial charge in [-0.15, -0.1) is 0 Å². The van der Waals surface area contributed by atoms with Crippen molar-refractivity contribution in [3.63, 3.8) is 0 Å². The molecule has 182 valence electrons. The summed E-state index contributed by atoms with van der Waals surface area (Å²) in [6, 6.07) is 18.3. The van der Waals surface area contributed by atoms with E-state index in [1.54, 1.807) is 28.8 Å². The fraction of sp³-hybridized carbons (Fsp3) is 0.259. The predicted molar refractivity (Wildman–Crippen MR) is 140 cm³/mol. The number of esters is 1. The molecule has 0 amide bonds. The SMILES string of the molecule is [C-]#[N+]c1c(Br)n([C@@H]2O[C@H](CC)[C@@H](C)[C@H]2OC(=O)c2ccccc2)c2nc(-c3ccccc3)nc(N)c12. The summed E-state index contributed by atoms with van der Waals surface area (Å²) in [7, 11) is 0. The Kier molecular flexibility index (Phi) is 6.48. The van der Waals surface area contributed by atoms with Crippen LogP contribution in [0.2, 0.25) is 0 Å². The molecule has 1 fully saturated rings. The van der Waals surface area contributed by atoms with Crippen molar-refractivity contribution in [2.75, 3.05) is 5.73 Å². The number of ether oxygens (including phenoxy) is 2. The minimum Gasteiger partial charge on any atom is -0.454 e. The molecular formula is C27H24BrN5O3. The second kappa shape index (κ2) is 9.72. The van der Waals surface area contributed by atoms with Gasteiger partial charge in [0.2, 0.25) is 5.69 Å². The molecule has 9 heteroatoms. The molecule has 0 unspecified atom stereocenters. The van der Waals surface area contributed by atoms with Gasteiger partial charge >= 0.3 is 5.97 Å². The predicted octanol–water partition coefficient (Wildman–Crippen LogP) is 6.16. The average molecular weight is 546 g/mol. The first-order valence-electron chi connectivity index (χ1n) is 11.7. The molecule has 0 spiro atoms. The highest BCUT2D eigenvalue weighted by Gasteiger charge is 2.46. The first kappa shape index (κ1) is 24.0. The summed E-state index contributed by atoms with van der Waals surface area (Å²) in [5.74, 6) is 0.0932. The van der Waals surface area contributed by atoms with Crippen molar-refractivity contribution in [2.45, 2.75) is 38.7 Å². The lowest BCUT2D eigenvalue weighted by atomic mass is 9.98. The Labute approximate surface area is 217 Å². The van der Waals surface area contributed by atoms with E-state index in [4.69, 9.17) is 26.8 Å². The van der Waals surface area contributed by atoms with Gasteiger partial charge in [0.05, 0.1) is 28.2 Å². The molecule has 1 aliphatic heterocycles. The van der Waals surface area contributed by atoms with Gasteiger partial charge in [0.1, 0.15) is 11.5 Å². The summed E-state index contributed by atoms with van der Waals surface area (Å²) in [5, 5.41) is 0.431. The van der Waals surface area contributed by atoms with Crippen LogP contribution in [0, 0.1) is 12.5 Å². The maximum Gasteiger partial charge on any atom is 0.338 e. The Balaban J connectivity index is 1.66. The number of fused-ring (bicyclic) bond motifs is 1. The maximum absolute atomic E-state index is 13.0. The van der Waals surface area contributed by atoms with Crippen LogP contribution in [-0.4, -0.2) is 32.7 Å². The second-order valence-corrected chi connectivity index (χ2v) is 9.44. The molecule has 5 rings (SSSR count). The fourth-order valence-corrected chi connectivity index (χ4v) is 5.34. The van der Waals surface area contributed by atoms with E-state index in [2.05, 4.69) is 25.8 Å². The molecule has 0 radical (unpaired) electrons. The summed E-state index contributed by atoms with van der Waals surface area (Å²) in [6.45, 7) is 11.8. The maximum atomic E-state index is 13.0. The van der Waals surface area contributed by atoms with Crippen molar-refractivity contribution in [1.29, 1.82) is 0 Å². The standard InChI is InChI=1S/C27H24BrN5O3/c1-4-18-15(2)21(36-27(34)17-13-9-6-10-14-17)26(35-18)33-22(28)20(30-3)19-23(29)31-24(32-25(19)33)16-11-7-5-8-12-16/h5-15,18,21,26H,4H2,1-2H3,(H2,29,31,32)/t15-,18-,21-,26-/m1/s1. The zero-order valence-corrected chi connectivity index (χ0v) is 21.3. The van der Waals surface area contributed by atoms with Gasteiger partial charge in [-0.25, -0.2) is 19.6 Å². The van der Waals surface area contributed by atoms with E-state index >= 15 is 0 Å². The first-order valence-corrected chi connectivity index (χ1v) is 12.4. The van der Waals surface area contributed by atoms with Gasteiger partial charge in [-0.05, 0) is 34.5 Å². The molecule has 0 aliphatic carbocycles. The van der Waals surface area contributed by atoms with Gasteiger partial charge < -0.3 is 15.2 Å². The number of benzene rings is 2. The van der Waals surface area contributed by atoms with Gasteiger partial charge in [-0.3, -0.25) is 4.57 Å². The molecule has 0 saturated carbocycles. The number of nitrogen functional groups attached to an aromatic ring is 1. The molecule has 4 atom stereocenters. The Hall–Kier alpha value is -3.74. The number of hydrogen-bond acceptors (Lipinski definition) is 6. The molecule has 0 bridgehead atoms. The third kappa shape index (κ3) is 4.02. The van der Waals surface area contributed by atoms with Crippen LogP contribution in [-0.2, 0) is 9.47 Å². The highest BCUT2D eigenvalue weighted by molar-refractivity contribution is 9.10. The molecule has 4 aromatic rings. The van der Waals surface area contributed by atoms with Gasteiger partial charge in [0, 0.05) is 11.5 Å². The summed E-state index contributed by atoms with van der Waals surface area (Å²) in [4.78, 5) is 26.0. The molecular weight excluding hydrogens is 522 g/mol. The molecule has 2 N–H and O–H groups in total. The normalized spacial score (nSPS) is 21.4. The number of aromatic nitrogens is 3. The van der Waals surface area contributed by atoms with Crippen LogP contribution >= 0.6 is 15.9 Å². The van der Waals surface area contributed by atoms with E-state index in [1.807, 2.05) is 50.2 Å².